The van der Waals surface area contributed by atoms with Gasteiger partial charge in [0.2, 0.25) is 0 Å². The molecule has 0 bridgehead atoms. The van der Waals surface area contributed by atoms with Gasteiger partial charge in [0.15, 0.2) is 11.3 Å². The summed E-state index contributed by atoms with van der Waals surface area (Å²) in [6.45, 7) is 0.539. The number of nitrogens with zero attached hydrogens (tertiary/aromatic N) is 5. The molecule has 5 aromatic rings. The van der Waals surface area contributed by atoms with E-state index in [-0.39, 0.29) is 11.6 Å². The van der Waals surface area contributed by atoms with Gasteiger partial charge in [0.25, 0.3) is 5.56 Å². The lowest BCUT2D eigenvalue weighted by atomic mass is 9.95. The molecule has 0 spiro atoms. The Morgan fingerprint density at radius 1 is 0.939 bits per heavy atom. The average molecular weight is 440 g/mol. The monoisotopic (exact) mass is 439 g/mol. The van der Waals surface area contributed by atoms with Gasteiger partial charge in [-0.2, -0.15) is 0 Å². The summed E-state index contributed by atoms with van der Waals surface area (Å²) in [7, 11) is 1.66. The minimum Gasteiger partial charge on any atom is -0.497 e. The molecular formula is C26H25N5O2. The molecule has 0 unspecified atom stereocenters. The van der Waals surface area contributed by atoms with Crippen molar-refractivity contribution < 1.29 is 4.74 Å². The number of hydrogen-bond donors (Lipinski definition) is 0. The van der Waals surface area contributed by atoms with Crippen molar-refractivity contribution >= 4 is 33.2 Å². The SMILES string of the molecule is COc1ccc(Cn2c3nc4ccccc4nc3c3c(=O)n(C4CCCCC4)cnc32)cc1. The second kappa shape index (κ2) is 7.99. The molecule has 1 aliphatic carbocycles. The molecule has 166 valence electrons. The van der Waals surface area contributed by atoms with Crippen LogP contribution in [0.15, 0.2) is 59.7 Å². The first-order valence-corrected chi connectivity index (χ1v) is 11.5. The van der Waals surface area contributed by atoms with Crippen LogP contribution >= 0.6 is 0 Å². The topological polar surface area (TPSA) is 74.8 Å². The number of fused-ring (bicyclic) bond motifs is 4. The highest BCUT2D eigenvalue weighted by Gasteiger charge is 2.23. The van der Waals surface area contributed by atoms with Gasteiger partial charge in [0.1, 0.15) is 23.0 Å². The van der Waals surface area contributed by atoms with E-state index >= 15 is 0 Å². The summed E-state index contributed by atoms with van der Waals surface area (Å²) in [6.07, 6.45) is 7.30. The summed E-state index contributed by atoms with van der Waals surface area (Å²) >= 11 is 0. The van der Waals surface area contributed by atoms with Crippen molar-refractivity contribution in [1.29, 1.82) is 0 Å². The fourth-order valence-electron chi connectivity index (χ4n) is 5.00. The third-order valence-electron chi connectivity index (χ3n) is 6.74. The first kappa shape index (κ1) is 19.9. The number of methoxy groups -OCH3 is 1. The maximum absolute atomic E-state index is 13.8. The van der Waals surface area contributed by atoms with Crippen molar-refractivity contribution in [3.05, 3.63) is 70.8 Å². The predicted octanol–water partition coefficient (Wildman–Crippen LogP) is 4.86. The van der Waals surface area contributed by atoms with Gasteiger partial charge in [-0.25, -0.2) is 15.0 Å². The Morgan fingerprint density at radius 2 is 1.67 bits per heavy atom. The van der Waals surface area contributed by atoms with Crippen LogP contribution in [0.5, 0.6) is 5.75 Å². The van der Waals surface area contributed by atoms with E-state index in [4.69, 9.17) is 19.7 Å². The van der Waals surface area contributed by atoms with Crippen LogP contribution in [0.4, 0.5) is 0 Å². The largest absolute Gasteiger partial charge is 0.497 e. The highest BCUT2D eigenvalue weighted by molar-refractivity contribution is 6.04. The molecule has 6 rings (SSSR count). The molecule has 0 saturated heterocycles. The second-order valence-electron chi connectivity index (χ2n) is 8.77. The third kappa shape index (κ3) is 3.35. The Kier molecular flexibility index (Phi) is 4.82. The van der Waals surface area contributed by atoms with Crippen molar-refractivity contribution in [2.24, 2.45) is 0 Å². The van der Waals surface area contributed by atoms with Crippen LogP contribution in [0, 0.1) is 0 Å². The Balaban J connectivity index is 1.60. The van der Waals surface area contributed by atoms with Crippen molar-refractivity contribution in [3.63, 3.8) is 0 Å². The quantitative estimate of drug-likeness (QED) is 0.400. The van der Waals surface area contributed by atoms with Gasteiger partial charge in [-0.3, -0.25) is 9.36 Å². The highest BCUT2D eigenvalue weighted by atomic mass is 16.5. The fraction of sp³-hybridized carbons (Fsp3) is 0.308. The molecule has 0 atom stereocenters. The van der Waals surface area contributed by atoms with E-state index in [2.05, 4.69) is 0 Å². The van der Waals surface area contributed by atoms with E-state index in [1.54, 1.807) is 13.4 Å². The molecule has 2 aromatic carbocycles. The lowest BCUT2D eigenvalue weighted by Crippen LogP contribution is -2.26. The van der Waals surface area contributed by atoms with Crippen LogP contribution in [-0.2, 0) is 6.54 Å². The second-order valence-corrected chi connectivity index (χ2v) is 8.77. The fourth-order valence-corrected chi connectivity index (χ4v) is 5.00. The summed E-state index contributed by atoms with van der Waals surface area (Å²) in [4.78, 5) is 28.4. The van der Waals surface area contributed by atoms with Gasteiger partial charge in [0.05, 0.1) is 24.7 Å². The molecular weight excluding hydrogens is 414 g/mol. The van der Waals surface area contributed by atoms with Crippen LogP contribution in [-0.4, -0.2) is 31.2 Å². The molecule has 33 heavy (non-hydrogen) atoms. The van der Waals surface area contributed by atoms with Gasteiger partial charge < -0.3 is 9.30 Å². The maximum Gasteiger partial charge on any atom is 0.265 e. The maximum atomic E-state index is 13.8. The number of ether oxygens (including phenoxy) is 1. The minimum absolute atomic E-state index is 0.0186. The summed E-state index contributed by atoms with van der Waals surface area (Å²) < 4.78 is 9.14. The normalized spacial score (nSPS) is 14.9. The lowest BCUT2D eigenvalue weighted by molar-refractivity contribution is 0.345. The molecule has 7 heteroatoms. The van der Waals surface area contributed by atoms with E-state index < -0.39 is 0 Å². The van der Waals surface area contributed by atoms with E-state index in [0.29, 0.717) is 28.7 Å². The Morgan fingerprint density at radius 3 is 2.39 bits per heavy atom. The summed E-state index contributed by atoms with van der Waals surface area (Å²) in [5.41, 5.74) is 4.58. The highest BCUT2D eigenvalue weighted by Crippen LogP contribution is 2.30. The number of hydrogen-bond acceptors (Lipinski definition) is 5. The first-order chi connectivity index (χ1) is 16.2. The standard InChI is InChI=1S/C26H25N5O2/c1-33-19-13-11-17(12-14-19)15-30-24-22(23-25(30)29-21-10-6-5-9-20(21)28-23)26(32)31(16-27-24)18-7-3-2-4-8-18/h5-6,9-14,16,18H,2-4,7-8,15H2,1H3. The number of rotatable bonds is 4. The Hall–Kier alpha value is -3.74. The van der Waals surface area contributed by atoms with Gasteiger partial charge in [0, 0.05) is 6.04 Å². The summed E-state index contributed by atoms with van der Waals surface area (Å²) in [5.74, 6) is 0.806. The smallest absolute Gasteiger partial charge is 0.265 e. The number of benzene rings is 2. The van der Waals surface area contributed by atoms with Gasteiger partial charge in [-0.05, 0) is 42.7 Å². The molecule has 1 fully saturated rings. The Bertz CT molecular complexity index is 1530. The molecule has 0 N–H and O–H groups in total. The van der Waals surface area contributed by atoms with Gasteiger partial charge >= 0.3 is 0 Å². The Labute approximate surface area is 190 Å². The zero-order valence-corrected chi connectivity index (χ0v) is 18.6. The third-order valence-corrected chi connectivity index (χ3v) is 6.74. The minimum atomic E-state index is -0.0186. The molecule has 0 radical (unpaired) electrons. The molecule has 1 aliphatic rings. The number of aromatic nitrogens is 5. The predicted molar refractivity (Wildman–Crippen MR) is 129 cm³/mol. The molecule has 0 amide bonds. The zero-order valence-electron chi connectivity index (χ0n) is 18.6. The van der Waals surface area contributed by atoms with Gasteiger partial charge in [-0.1, -0.05) is 43.5 Å². The van der Waals surface area contributed by atoms with Crippen molar-refractivity contribution in [2.75, 3.05) is 7.11 Å². The van der Waals surface area contributed by atoms with E-state index in [1.807, 2.05) is 57.7 Å². The van der Waals surface area contributed by atoms with E-state index in [1.165, 1.54) is 6.42 Å². The van der Waals surface area contributed by atoms with Crippen molar-refractivity contribution in [3.8, 4) is 5.75 Å². The van der Waals surface area contributed by atoms with Crippen LogP contribution in [0.25, 0.3) is 33.2 Å². The first-order valence-electron chi connectivity index (χ1n) is 11.5. The number of para-hydroxylation sites is 2. The molecule has 0 aliphatic heterocycles. The molecule has 3 heterocycles. The van der Waals surface area contributed by atoms with E-state index in [0.717, 1.165) is 48.0 Å². The van der Waals surface area contributed by atoms with E-state index in [9.17, 15) is 4.79 Å². The molecule has 7 nitrogen and oxygen atoms in total. The lowest BCUT2D eigenvalue weighted by Gasteiger charge is -2.23. The van der Waals surface area contributed by atoms with Crippen LogP contribution in [0.2, 0.25) is 0 Å². The van der Waals surface area contributed by atoms with Crippen LogP contribution in [0.3, 0.4) is 0 Å². The summed E-state index contributed by atoms with van der Waals surface area (Å²) in [6, 6.07) is 15.9. The van der Waals surface area contributed by atoms with Gasteiger partial charge in [-0.15, -0.1) is 0 Å². The van der Waals surface area contributed by atoms with Crippen LogP contribution in [0.1, 0.15) is 43.7 Å². The van der Waals surface area contributed by atoms with Crippen molar-refractivity contribution in [1.82, 2.24) is 24.1 Å². The zero-order chi connectivity index (χ0) is 22.4. The summed E-state index contributed by atoms with van der Waals surface area (Å²) in [5, 5.41) is 0.560. The molecule has 3 aromatic heterocycles. The average Bonchev–Trinajstić information content (AvgIpc) is 3.17. The van der Waals surface area contributed by atoms with Crippen LogP contribution < -0.4 is 10.3 Å². The molecule has 1 saturated carbocycles. The van der Waals surface area contributed by atoms with Crippen molar-refractivity contribution in [2.45, 2.75) is 44.7 Å².